The summed E-state index contributed by atoms with van der Waals surface area (Å²) in [6.07, 6.45) is -0.786. The first-order valence-electron chi connectivity index (χ1n) is 6.14. The van der Waals surface area contributed by atoms with Crippen LogP contribution >= 0.6 is 23.2 Å². The van der Waals surface area contributed by atoms with E-state index in [0.717, 1.165) is 6.07 Å². The van der Waals surface area contributed by atoms with Crippen molar-refractivity contribution in [2.75, 3.05) is 5.32 Å². The zero-order chi connectivity index (χ0) is 15.4. The molecule has 0 unspecified atom stereocenters. The third-order valence-electron chi connectivity index (χ3n) is 2.70. The van der Waals surface area contributed by atoms with Gasteiger partial charge >= 0.3 is 0 Å². The Morgan fingerprint density at radius 3 is 2.57 bits per heavy atom. The third-order valence-corrected chi connectivity index (χ3v) is 3.32. The number of carbonyl (C=O) groups excluding carboxylic acids is 1. The predicted molar refractivity (Wildman–Crippen MR) is 81.6 cm³/mol. The summed E-state index contributed by atoms with van der Waals surface area (Å²) < 4.78 is 18.4. The summed E-state index contributed by atoms with van der Waals surface area (Å²) >= 11 is 11.8. The number of carbonyl (C=O) groups is 1. The molecular formula is C15H12Cl2FNO2. The van der Waals surface area contributed by atoms with E-state index in [-0.39, 0.29) is 5.02 Å². The number of halogens is 3. The second-order valence-electron chi connectivity index (χ2n) is 4.30. The Bertz CT molecular complexity index is 664. The zero-order valence-corrected chi connectivity index (χ0v) is 12.6. The Morgan fingerprint density at radius 2 is 1.90 bits per heavy atom. The van der Waals surface area contributed by atoms with Crippen LogP contribution in [0.3, 0.4) is 0 Å². The molecule has 110 valence electrons. The first-order valence-corrected chi connectivity index (χ1v) is 6.90. The minimum Gasteiger partial charge on any atom is -0.479 e. The minimum atomic E-state index is -0.786. The Balaban J connectivity index is 2.04. The van der Waals surface area contributed by atoms with E-state index in [4.69, 9.17) is 27.9 Å². The highest BCUT2D eigenvalue weighted by atomic mass is 35.5. The van der Waals surface area contributed by atoms with Crippen molar-refractivity contribution in [1.29, 1.82) is 0 Å². The fraction of sp³-hybridized carbons (Fsp3) is 0.133. The number of hydrogen-bond acceptors (Lipinski definition) is 2. The number of amides is 1. The predicted octanol–water partition coefficient (Wildman–Crippen LogP) is 4.54. The van der Waals surface area contributed by atoms with Gasteiger partial charge in [-0.3, -0.25) is 4.79 Å². The van der Waals surface area contributed by atoms with Gasteiger partial charge in [-0.1, -0.05) is 35.3 Å². The van der Waals surface area contributed by atoms with Gasteiger partial charge < -0.3 is 10.1 Å². The fourth-order valence-corrected chi connectivity index (χ4v) is 2.00. The highest BCUT2D eigenvalue weighted by molar-refractivity contribution is 6.33. The van der Waals surface area contributed by atoms with Gasteiger partial charge in [0.15, 0.2) is 6.10 Å². The number of hydrogen-bond donors (Lipinski definition) is 1. The Labute approximate surface area is 131 Å². The highest BCUT2D eigenvalue weighted by Crippen LogP contribution is 2.25. The van der Waals surface area contributed by atoms with Gasteiger partial charge in [0.25, 0.3) is 5.91 Å². The molecule has 0 bridgehead atoms. The van der Waals surface area contributed by atoms with E-state index >= 15 is 0 Å². The number of anilines is 1. The van der Waals surface area contributed by atoms with E-state index in [1.807, 2.05) is 0 Å². The maximum absolute atomic E-state index is 12.9. The summed E-state index contributed by atoms with van der Waals surface area (Å²) in [7, 11) is 0. The van der Waals surface area contributed by atoms with E-state index in [2.05, 4.69) is 5.32 Å². The molecule has 0 saturated carbocycles. The van der Waals surface area contributed by atoms with Gasteiger partial charge in [-0.15, -0.1) is 0 Å². The molecule has 0 heterocycles. The van der Waals surface area contributed by atoms with Crippen molar-refractivity contribution >= 4 is 34.8 Å². The molecule has 6 heteroatoms. The van der Waals surface area contributed by atoms with Crippen LogP contribution in [0.15, 0.2) is 42.5 Å². The molecule has 21 heavy (non-hydrogen) atoms. The highest BCUT2D eigenvalue weighted by Gasteiger charge is 2.17. The topological polar surface area (TPSA) is 38.3 Å². The molecule has 0 aliphatic carbocycles. The van der Waals surface area contributed by atoms with Crippen LogP contribution in [0.2, 0.25) is 10.0 Å². The van der Waals surface area contributed by atoms with Crippen molar-refractivity contribution in [1.82, 2.24) is 0 Å². The third kappa shape index (κ3) is 4.09. The molecule has 0 aliphatic heterocycles. The lowest BCUT2D eigenvalue weighted by Gasteiger charge is -2.16. The molecule has 1 atom stereocenters. The van der Waals surface area contributed by atoms with Crippen LogP contribution in [0.5, 0.6) is 5.75 Å². The van der Waals surface area contributed by atoms with Crippen molar-refractivity contribution in [2.24, 2.45) is 0 Å². The van der Waals surface area contributed by atoms with Crippen LogP contribution in [0.25, 0.3) is 0 Å². The largest absolute Gasteiger partial charge is 0.479 e. The van der Waals surface area contributed by atoms with Gasteiger partial charge in [0, 0.05) is 0 Å². The molecule has 0 radical (unpaired) electrons. The molecule has 0 aliphatic rings. The standard InChI is InChI=1S/C15H12Cl2FNO2/c1-9(21-14-5-3-2-4-11(14)16)15(20)19-13-7-6-10(18)8-12(13)17/h2-9H,1H3,(H,19,20)/t9-/m0/s1. The van der Waals surface area contributed by atoms with Crippen LogP contribution in [-0.2, 0) is 4.79 Å². The molecule has 2 aromatic rings. The van der Waals surface area contributed by atoms with Gasteiger partial charge in [0.2, 0.25) is 0 Å². The summed E-state index contributed by atoms with van der Waals surface area (Å²) in [6, 6.07) is 10.6. The second-order valence-corrected chi connectivity index (χ2v) is 5.12. The number of para-hydroxylation sites is 1. The van der Waals surface area contributed by atoms with Crippen molar-refractivity contribution < 1.29 is 13.9 Å². The SMILES string of the molecule is C[C@H](Oc1ccccc1Cl)C(=O)Nc1ccc(F)cc1Cl. The number of benzene rings is 2. The smallest absolute Gasteiger partial charge is 0.265 e. The maximum atomic E-state index is 12.9. The van der Waals surface area contributed by atoms with E-state index < -0.39 is 17.8 Å². The molecular weight excluding hydrogens is 316 g/mol. The quantitative estimate of drug-likeness (QED) is 0.895. The molecule has 2 aromatic carbocycles. The molecule has 2 rings (SSSR count). The summed E-state index contributed by atoms with van der Waals surface area (Å²) in [6.45, 7) is 1.58. The van der Waals surface area contributed by atoms with E-state index in [1.54, 1.807) is 31.2 Å². The van der Waals surface area contributed by atoms with Crippen LogP contribution in [0.4, 0.5) is 10.1 Å². The van der Waals surface area contributed by atoms with Crippen molar-refractivity contribution in [3.8, 4) is 5.75 Å². The van der Waals surface area contributed by atoms with Crippen LogP contribution in [-0.4, -0.2) is 12.0 Å². The average Bonchev–Trinajstić information content (AvgIpc) is 2.44. The van der Waals surface area contributed by atoms with Gasteiger partial charge in [-0.2, -0.15) is 0 Å². The lowest BCUT2D eigenvalue weighted by atomic mass is 10.3. The van der Waals surface area contributed by atoms with Gasteiger partial charge in [0.05, 0.1) is 15.7 Å². The number of ether oxygens (including phenoxy) is 1. The van der Waals surface area contributed by atoms with Crippen LogP contribution in [0.1, 0.15) is 6.92 Å². The van der Waals surface area contributed by atoms with Gasteiger partial charge in [-0.05, 0) is 37.3 Å². The maximum Gasteiger partial charge on any atom is 0.265 e. The zero-order valence-electron chi connectivity index (χ0n) is 11.1. The minimum absolute atomic E-state index is 0.119. The lowest BCUT2D eigenvalue weighted by Crippen LogP contribution is -2.30. The first-order chi connectivity index (χ1) is 9.97. The molecule has 3 nitrogen and oxygen atoms in total. The van der Waals surface area contributed by atoms with Crippen LogP contribution < -0.4 is 10.1 Å². The summed E-state index contributed by atoms with van der Waals surface area (Å²) in [5.74, 6) is -0.478. The molecule has 1 amide bonds. The normalized spacial score (nSPS) is 11.8. The van der Waals surface area contributed by atoms with Gasteiger partial charge in [0.1, 0.15) is 11.6 Å². The lowest BCUT2D eigenvalue weighted by molar-refractivity contribution is -0.122. The monoisotopic (exact) mass is 327 g/mol. The fourth-order valence-electron chi connectivity index (χ4n) is 1.61. The summed E-state index contributed by atoms with van der Waals surface area (Å²) in [4.78, 5) is 12.0. The van der Waals surface area contributed by atoms with E-state index in [9.17, 15) is 9.18 Å². The molecule has 1 N–H and O–H groups in total. The van der Waals surface area contributed by atoms with E-state index in [0.29, 0.717) is 16.5 Å². The van der Waals surface area contributed by atoms with E-state index in [1.165, 1.54) is 12.1 Å². The molecule has 0 aromatic heterocycles. The van der Waals surface area contributed by atoms with Gasteiger partial charge in [-0.25, -0.2) is 4.39 Å². The Kier molecular flexibility index (Phi) is 5.04. The number of nitrogens with one attached hydrogen (secondary N) is 1. The summed E-state index contributed by atoms with van der Waals surface area (Å²) in [5, 5.41) is 3.10. The van der Waals surface area contributed by atoms with Crippen molar-refractivity contribution in [2.45, 2.75) is 13.0 Å². The Morgan fingerprint density at radius 1 is 1.19 bits per heavy atom. The molecule has 0 spiro atoms. The Hall–Kier alpha value is -1.78. The summed E-state index contributed by atoms with van der Waals surface area (Å²) in [5.41, 5.74) is 0.317. The first kappa shape index (κ1) is 15.6. The van der Waals surface area contributed by atoms with Crippen molar-refractivity contribution in [3.63, 3.8) is 0 Å². The number of rotatable bonds is 4. The van der Waals surface area contributed by atoms with Crippen LogP contribution in [0, 0.1) is 5.82 Å². The second kappa shape index (κ2) is 6.78. The molecule has 0 fully saturated rings. The van der Waals surface area contributed by atoms with Crippen molar-refractivity contribution in [3.05, 3.63) is 58.3 Å². The average molecular weight is 328 g/mol. The molecule has 0 saturated heterocycles.